The number of carboxylic acids is 1. The second-order valence-corrected chi connectivity index (χ2v) is 8.06. The molecule has 0 aromatic heterocycles. The van der Waals surface area contributed by atoms with Crippen LogP contribution in [-0.2, 0) is 18.1 Å². The van der Waals surface area contributed by atoms with Crippen molar-refractivity contribution in [3.8, 4) is 0 Å². The van der Waals surface area contributed by atoms with Crippen LogP contribution in [0.5, 0.6) is 0 Å². The summed E-state index contributed by atoms with van der Waals surface area (Å²) in [5.74, 6) is -0.920. The van der Waals surface area contributed by atoms with E-state index in [4.69, 9.17) is 13.3 Å². The van der Waals surface area contributed by atoms with Crippen molar-refractivity contribution in [2.45, 2.75) is 51.0 Å². The summed E-state index contributed by atoms with van der Waals surface area (Å²) in [4.78, 5) is 11.6. The van der Waals surface area contributed by atoms with Crippen LogP contribution < -0.4 is 0 Å². The molecule has 0 saturated carbocycles. The first-order chi connectivity index (χ1) is 8.44. The highest BCUT2D eigenvalue weighted by molar-refractivity contribution is 6.68. The van der Waals surface area contributed by atoms with Gasteiger partial charge >= 0.3 is 14.8 Å². The number of aliphatic carboxylic acids is 1. The predicted octanol–water partition coefficient (Wildman–Crippen LogP) is 2.68. The van der Waals surface area contributed by atoms with Crippen LogP contribution in [0.25, 0.3) is 0 Å². The maximum atomic E-state index is 11.6. The van der Waals surface area contributed by atoms with Gasteiger partial charge in [-0.1, -0.05) is 32.6 Å². The van der Waals surface area contributed by atoms with Crippen molar-refractivity contribution in [1.82, 2.24) is 0 Å². The molecule has 0 rings (SSSR count). The third-order valence-corrected chi connectivity index (χ3v) is 6.91. The van der Waals surface area contributed by atoms with Crippen molar-refractivity contribution in [2.24, 2.45) is 0 Å². The molecule has 0 fully saturated rings. The van der Waals surface area contributed by atoms with Crippen molar-refractivity contribution in [3.05, 3.63) is 0 Å². The minimum absolute atomic E-state index is 0.504. The number of rotatable bonds is 10. The monoisotopic (exact) mass is 278 g/mol. The summed E-state index contributed by atoms with van der Waals surface area (Å²) in [7, 11) is 1.16. The molecule has 0 spiro atoms. The third kappa shape index (κ3) is 3.54. The Labute approximate surface area is 111 Å². The van der Waals surface area contributed by atoms with Crippen LogP contribution in [0.1, 0.15) is 46.0 Å². The Hall–Kier alpha value is -0.433. The number of hydrogen-bond acceptors (Lipinski definition) is 4. The quantitative estimate of drug-likeness (QED) is 0.491. The van der Waals surface area contributed by atoms with Gasteiger partial charge in [-0.25, -0.2) is 0 Å². The van der Waals surface area contributed by atoms with E-state index >= 15 is 0 Å². The molecule has 1 unspecified atom stereocenters. The fraction of sp³-hybridized carbons (Fsp3) is 0.917. The van der Waals surface area contributed by atoms with Crippen LogP contribution in [0.3, 0.4) is 0 Å². The molecule has 0 saturated heterocycles. The lowest BCUT2D eigenvalue weighted by Gasteiger charge is -2.37. The zero-order valence-corrected chi connectivity index (χ0v) is 13.1. The van der Waals surface area contributed by atoms with Crippen molar-refractivity contribution in [1.29, 1.82) is 0 Å². The van der Waals surface area contributed by atoms with Crippen molar-refractivity contribution >= 4 is 14.8 Å². The van der Waals surface area contributed by atoms with Crippen LogP contribution in [0.15, 0.2) is 0 Å². The number of carboxylic acid groups (broad SMARTS) is 1. The van der Waals surface area contributed by atoms with E-state index in [-0.39, 0.29) is 0 Å². The van der Waals surface area contributed by atoms with Crippen molar-refractivity contribution in [3.63, 3.8) is 0 Å². The smallest absolute Gasteiger partial charge is 0.481 e. The van der Waals surface area contributed by atoms with E-state index in [1.54, 1.807) is 6.92 Å². The number of carbonyl (C=O) groups is 1. The molecular formula is C12H26O5Si. The zero-order chi connectivity index (χ0) is 14.2. The third-order valence-electron chi connectivity index (χ3n) is 3.48. The second kappa shape index (κ2) is 7.88. The second-order valence-electron chi connectivity index (χ2n) is 4.62. The highest BCUT2D eigenvalue weighted by Crippen LogP contribution is 2.44. The summed E-state index contributed by atoms with van der Waals surface area (Å²) >= 11 is 0. The largest absolute Gasteiger partial charge is 0.517 e. The minimum Gasteiger partial charge on any atom is -0.481 e. The van der Waals surface area contributed by atoms with Gasteiger partial charge in [-0.3, -0.25) is 4.79 Å². The van der Waals surface area contributed by atoms with E-state index in [2.05, 4.69) is 6.92 Å². The molecule has 0 bridgehead atoms. The average Bonchev–Trinajstić information content (AvgIpc) is 2.37. The fourth-order valence-corrected chi connectivity index (χ4v) is 4.82. The summed E-state index contributed by atoms with van der Waals surface area (Å²) in [6, 6.07) is 0. The standard InChI is InChI=1S/C12H26O5Si/c1-6-7-8-9-10-12(2,11(13)14)18(15-3,16-4)17-5/h6-10H2,1-5H3,(H,13,14). The Morgan fingerprint density at radius 3 is 1.94 bits per heavy atom. The topological polar surface area (TPSA) is 65.0 Å². The minimum atomic E-state index is -3.19. The lowest BCUT2D eigenvalue weighted by Crippen LogP contribution is -2.56. The first-order valence-electron chi connectivity index (χ1n) is 6.33. The molecule has 6 heteroatoms. The Morgan fingerprint density at radius 2 is 1.61 bits per heavy atom. The molecule has 108 valence electrons. The molecule has 0 aliphatic carbocycles. The lowest BCUT2D eigenvalue weighted by molar-refractivity contribution is -0.143. The van der Waals surface area contributed by atoms with Gasteiger partial charge in [0.25, 0.3) is 0 Å². The summed E-state index contributed by atoms with van der Waals surface area (Å²) < 4.78 is 16.0. The molecule has 0 aromatic carbocycles. The van der Waals surface area contributed by atoms with Crippen LogP contribution in [0.2, 0.25) is 5.04 Å². The van der Waals surface area contributed by atoms with Gasteiger partial charge in [0.2, 0.25) is 0 Å². The molecule has 1 N–H and O–H groups in total. The Kier molecular flexibility index (Phi) is 7.69. The van der Waals surface area contributed by atoms with Crippen LogP contribution >= 0.6 is 0 Å². The van der Waals surface area contributed by atoms with Crippen molar-refractivity contribution in [2.75, 3.05) is 21.3 Å². The summed E-state index contributed by atoms with van der Waals surface area (Å²) in [5.41, 5.74) is 0. The molecule has 0 heterocycles. The van der Waals surface area contributed by atoms with Crippen LogP contribution in [0.4, 0.5) is 0 Å². The van der Waals surface area contributed by atoms with Gasteiger partial charge in [-0.15, -0.1) is 0 Å². The van der Waals surface area contributed by atoms with Crippen LogP contribution in [-0.4, -0.2) is 41.2 Å². The zero-order valence-electron chi connectivity index (χ0n) is 12.1. The number of hydrogen-bond donors (Lipinski definition) is 1. The molecule has 1 atom stereocenters. The first kappa shape index (κ1) is 17.6. The van der Waals surface area contributed by atoms with Gasteiger partial charge in [0, 0.05) is 21.3 Å². The highest BCUT2D eigenvalue weighted by Gasteiger charge is 2.61. The predicted molar refractivity (Wildman–Crippen MR) is 71.5 cm³/mol. The molecule has 0 aliphatic heterocycles. The number of unbranched alkanes of at least 4 members (excludes halogenated alkanes) is 3. The van der Waals surface area contributed by atoms with E-state index in [9.17, 15) is 9.90 Å². The summed E-state index contributed by atoms with van der Waals surface area (Å²) in [6.07, 6.45) is 4.58. The van der Waals surface area contributed by atoms with E-state index < -0.39 is 19.8 Å². The average molecular weight is 278 g/mol. The Morgan fingerprint density at radius 1 is 1.11 bits per heavy atom. The van der Waals surface area contributed by atoms with Gasteiger partial charge in [-0.05, 0) is 13.3 Å². The molecule has 0 aliphatic rings. The van der Waals surface area contributed by atoms with Gasteiger partial charge in [0.1, 0.15) is 5.04 Å². The molecule has 0 radical (unpaired) electrons. The Bertz CT molecular complexity index is 247. The molecular weight excluding hydrogens is 252 g/mol. The first-order valence-corrected chi connectivity index (χ1v) is 8.05. The SMILES string of the molecule is CCCCCCC(C)(C(=O)O)[Si](OC)(OC)OC. The maximum absolute atomic E-state index is 11.6. The molecule has 0 aromatic rings. The van der Waals surface area contributed by atoms with Gasteiger partial charge < -0.3 is 18.4 Å². The lowest BCUT2D eigenvalue weighted by atomic mass is 10.0. The van der Waals surface area contributed by atoms with Gasteiger partial charge in [-0.2, -0.15) is 0 Å². The van der Waals surface area contributed by atoms with E-state index in [0.717, 1.165) is 25.7 Å². The van der Waals surface area contributed by atoms with Gasteiger partial charge in [0.05, 0.1) is 0 Å². The molecule has 0 amide bonds. The summed E-state index contributed by atoms with van der Waals surface area (Å²) in [6.45, 7) is 3.78. The van der Waals surface area contributed by atoms with Crippen LogP contribution in [0, 0.1) is 0 Å². The fourth-order valence-electron chi connectivity index (χ4n) is 2.22. The van der Waals surface area contributed by atoms with E-state index in [1.807, 2.05) is 0 Å². The molecule has 5 nitrogen and oxygen atoms in total. The van der Waals surface area contributed by atoms with Gasteiger partial charge in [0.15, 0.2) is 0 Å². The van der Waals surface area contributed by atoms with Crippen molar-refractivity contribution < 1.29 is 23.2 Å². The van der Waals surface area contributed by atoms with E-state index in [0.29, 0.717) is 6.42 Å². The Balaban J connectivity index is 4.93. The molecule has 18 heavy (non-hydrogen) atoms. The van der Waals surface area contributed by atoms with E-state index in [1.165, 1.54) is 21.3 Å². The maximum Gasteiger partial charge on any atom is 0.517 e. The normalized spacial score (nSPS) is 15.4. The highest BCUT2D eigenvalue weighted by atomic mass is 28.4. The summed E-state index contributed by atoms with van der Waals surface area (Å²) in [5, 5.41) is 8.41.